The highest BCUT2D eigenvalue weighted by molar-refractivity contribution is 8.13. The third-order valence-corrected chi connectivity index (χ3v) is 3.70. The molecule has 0 radical (unpaired) electrons. The van der Waals surface area contributed by atoms with Crippen molar-refractivity contribution in [3.8, 4) is 0 Å². The number of aromatic amines is 2. The quantitative estimate of drug-likeness (QED) is 0.197. The van der Waals surface area contributed by atoms with E-state index in [9.17, 15) is 14.7 Å². The first-order valence-electron chi connectivity index (χ1n) is 7.05. The summed E-state index contributed by atoms with van der Waals surface area (Å²) in [5.74, 6) is 0.0640. The van der Waals surface area contributed by atoms with Gasteiger partial charge in [-0.25, -0.2) is 4.79 Å². The Morgan fingerprint density at radius 2 is 2.18 bits per heavy atom. The lowest BCUT2D eigenvalue weighted by Gasteiger charge is -2.10. The number of hydrogen-bond donors (Lipinski definition) is 5. The fraction of sp³-hybridized carbons (Fsp3) is 0.615. The van der Waals surface area contributed by atoms with Gasteiger partial charge in [0.2, 0.25) is 0 Å². The van der Waals surface area contributed by atoms with Crippen molar-refractivity contribution in [3.05, 3.63) is 21.9 Å². The van der Waals surface area contributed by atoms with Crippen LogP contribution in [-0.2, 0) is 15.3 Å². The highest BCUT2D eigenvalue weighted by Gasteiger charge is 2.16. The number of hydrogen-bond acceptors (Lipinski definition) is 6. The summed E-state index contributed by atoms with van der Waals surface area (Å²) in [5.41, 5.74) is 5.80. The van der Waals surface area contributed by atoms with Gasteiger partial charge < -0.3 is 25.5 Å². The Bertz CT molecular complexity index is 554. The maximum atomic E-state index is 11.4. The lowest BCUT2D eigenvalue weighted by atomic mass is 10.1. The molecule has 124 valence electrons. The van der Waals surface area contributed by atoms with E-state index in [2.05, 4.69) is 9.97 Å². The lowest BCUT2D eigenvalue weighted by Crippen LogP contribution is -2.07. The molecule has 1 unspecified atom stereocenters. The van der Waals surface area contributed by atoms with Crippen LogP contribution in [-0.4, -0.2) is 32.8 Å². The smallest absolute Gasteiger partial charge is 0.323 e. The monoisotopic (exact) mass is 330 g/mol. The highest BCUT2D eigenvalue weighted by atomic mass is 32.2. The van der Waals surface area contributed by atoms with Crippen molar-refractivity contribution in [2.24, 2.45) is 5.73 Å². The van der Waals surface area contributed by atoms with Crippen molar-refractivity contribution in [1.82, 2.24) is 9.97 Å². The third-order valence-electron chi connectivity index (χ3n) is 2.96. The molecule has 0 amide bonds. The Morgan fingerprint density at radius 1 is 1.45 bits per heavy atom. The first-order valence-corrected chi connectivity index (χ1v) is 8.04. The minimum absolute atomic E-state index is 0.0584. The second-order valence-corrected chi connectivity index (χ2v) is 5.71. The Morgan fingerprint density at radius 3 is 2.82 bits per heavy atom. The highest BCUT2D eigenvalue weighted by Crippen LogP contribution is 2.22. The Balaban J connectivity index is 2.47. The zero-order chi connectivity index (χ0) is 16.5. The summed E-state index contributed by atoms with van der Waals surface area (Å²) >= 11 is 1.07. The average Bonchev–Trinajstić information content (AvgIpc) is 2.82. The predicted molar refractivity (Wildman–Crippen MR) is 84.7 cm³/mol. The van der Waals surface area contributed by atoms with E-state index in [-0.39, 0.29) is 11.1 Å². The van der Waals surface area contributed by atoms with Gasteiger partial charge in [-0.1, -0.05) is 11.8 Å². The first kappa shape index (κ1) is 18.3. The number of rotatable bonds is 9. The summed E-state index contributed by atoms with van der Waals surface area (Å²) in [7, 11) is 0. The fourth-order valence-corrected chi connectivity index (χ4v) is 2.49. The molecule has 0 saturated heterocycles. The average molecular weight is 330 g/mol. The Hall–Kier alpha value is -1.74. The summed E-state index contributed by atoms with van der Waals surface area (Å²) in [4.78, 5) is 27.7. The van der Waals surface area contributed by atoms with Crippen LogP contribution in [0.15, 0.2) is 4.79 Å². The second kappa shape index (κ2) is 9.31. The maximum Gasteiger partial charge on any atom is 0.323 e. The van der Waals surface area contributed by atoms with Crippen LogP contribution in [0.1, 0.15) is 50.1 Å². The van der Waals surface area contributed by atoms with E-state index in [1.54, 1.807) is 6.92 Å². The first-order chi connectivity index (χ1) is 10.4. The molecular weight excluding hydrogens is 308 g/mol. The maximum absolute atomic E-state index is 11.4. The molecule has 1 rings (SSSR count). The van der Waals surface area contributed by atoms with Crippen LogP contribution in [0.2, 0.25) is 0 Å². The molecule has 1 heterocycles. The van der Waals surface area contributed by atoms with E-state index in [4.69, 9.17) is 15.9 Å². The van der Waals surface area contributed by atoms with Crippen molar-refractivity contribution < 1.29 is 14.6 Å². The number of carbonyl (C=O) groups is 1. The zero-order valence-electron chi connectivity index (χ0n) is 12.5. The van der Waals surface area contributed by atoms with Crippen molar-refractivity contribution >= 4 is 22.9 Å². The van der Waals surface area contributed by atoms with Crippen LogP contribution in [0.5, 0.6) is 0 Å². The molecule has 22 heavy (non-hydrogen) atoms. The molecule has 0 aliphatic rings. The van der Waals surface area contributed by atoms with Crippen LogP contribution in [0.4, 0.5) is 0 Å². The van der Waals surface area contributed by atoms with Gasteiger partial charge in [0.1, 0.15) is 0 Å². The van der Waals surface area contributed by atoms with Crippen molar-refractivity contribution in [2.75, 3.05) is 6.61 Å². The molecule has 0 aliphatic carbocycles. The second-order valence-electron chi connectivity index (χ2n) is 4.69. The van der Waals surface area contributed by atoms with Gasteiger partial charge in [0, 0.05) is 12.2 Å². The lowest BCUT2D eigenvalue weighted by molar-refractivity contribution is -0.143. The van der Waals surface area contributed by atoms with Gasteiger partial charge in [-0.05, 0) is 26.2 Å². The number of imidazole rings is 1. The van der Waals surface area contributed by atoms with Crippen molar-refractivity contribution in [2.45, 2.75) is 44.5 Å². The summed E-state index contributed by atoms with van der Waals surface area (Å²) < 4.78 is 4.82. The number of carbonyl (C=O) groups excluding carboxylic acids is 1. The molecule has 0 bridgehead atoms. The molecule has 1 aromatic rings. The van der Waals surface area contributed by atoms with E-state index in [1.807, 2.05) is 0 Å². The van der Waals surface area contributed by atoms with Crippen LogP contribution in [0, 0.1) is 5.41 Å². The van der Waals surface area contributed by atoms with Gasteiger partial charge >= 0.3 is 11.7 Å². The largest absolute Gasteiger partial charge is 0.466 e. The number of thioether (sulfide) groups is 1. The number of unbranched alkanes of at least 4 members (excludes halogenated alkanes) is 1. The standard InChI is InChI=1S/C13H22N4O4S/c1-2-21-10(19)6-4-3-5-9(18)11-8(7-22-12(14)15)16-13(20)17-11/h9,18H,2-7H2,1H3,(H3,14,15)(H2,16,17,20). The Kier molecular flexibility index (Phi) is 7.75. The number of aliphatic hydroxyl groups is 1. The summed E-state index contributed by atoms with van der Waals surface area (Å²) in [6.45, 7) is 2.12. The molecule has 6 N–H and O–H groups in total. The molecule has 1 atom stereocenters. The summed E-state index contributed by atoms with van der Waals surface area (Å²) in [6.07, 6.45) is 1.15. The number of aliphatic hydroxyl groups excluding tert-OH is 1. The number of H-pyrrole nitrogens is 2. The van der Waals surface area contributed by atoms with E-state index in [0.717, 1.165) is 11.8 Å². The van der Waals surface area contributed by atoms with Crippen LogP contribution in [0.3, 0.4) is 0 Å². The topological polar surface area (TPSA) is 145 Å². The van der Waals surface area contributed by atoms with Gasteiger partial charge in [0.05, 0.1) is 24.1 Å². The van der Waals surface area contributed by atoms with E-state index in [0.29, 0.717) is 49.4 Å². The molecule has 9 heteroatoms. The van der Waals surface area contributed by atoms with Crippen LogP contribution in [0.25, 0.3) is 0 Å². The minimum Gasteiger partial charge on any atom is -0.466 e. The number of amidine groups is 1. The Labute approximate surface area is 132 Å². The van der Waals surface area contributed by atoms with E-state index >= 15 is 0 Å². The predicted octanol–water partition coefficient (Wildman–Crippen LogP) is 0.987. The number of ether oxygens (including phenoxy) is 1. The van der Waals surface area contributed by atoms with Gasteiger partial charge in [-0.3, -0.25) is 10.2 Å². The molecule has 0 spiro atoms. The van der Waals surface area contributed by atoms with Crippen molar-refractivity contribution in [1.29, 1.82) is 5.41 Å². The van der Waals surface area contributed by atoms with Gasteiger partial charge in [0.15, 0.2) is 5.17 Å². The van der Waals surface area contributed by atoms with Crippen molar-refractivity contribution in [3.63, 3.8) is 0 Å². The van der Waals surface area contributed by atoms with Crippen LogP contribution >= 0.6 is 11.8 Å². The number of nitrogens with one attached hydrogen (secondary N) is 3. The fourth-order valence-electron chi connectivity index (χ4n) is 1.97. The van der Waals surface area contributed by atoms with E-state index < -0.39 is 11.8 Å². The summed E-state index contributed by atoms with van der Waals surface area (Å²) in [6, 6.07) is 0. The van der Waals surface area contributed by atoms with Gasteiger partial charge in [-0.2, -0.15) is 0 Å². The van der Waals surface area contributed by atoms with Gasteiger partial charge in [-0.15, -0.1) is 0 Å². The van der Waals surface area contributed by atoms with E-state index in [1.165, 1.54) is 0 Å². The molecule has 0 fully saturated rings. The molecule has 0 aliphatic heterocycles. The molecule has 8 nitrogen and oxygen atoms in total. The molecule has 0 aromatic carbocycles. The number of nitrogens with two attached hydrogens (primary N) is 1. The van der Waals surface area contributed by atoms with Crippen LogP contribution < -0.4 is 11.4 Å². The number of aromatic nitrogens is 2. The SMILES string of the molecule is CCOC(=O)CCCCC(O)c1[nH]c(=O)[nH]c1CSC(=N)N. The zero-order valence-corrected chi connectivity index (χ0v) is 13.3. The normalized spacial score (nSPS) is 12.1. The summed E-state index contributed by atoms with van der Waals surface area (Å²) in [5, 5.41) is 17.3. The molecular formula is C13H22N4O4S. The molecule has 0 saturated carbocycles. The minimum atomic E-state index is -0.830. The number of esters is 1. The molecule has 1 aromatic heterocycles. The van der Waals surface area contributed by atoms with Gasteiger partial charge in [0.25, 0.3) is 0 Å². The third kappa shape index (κ3) is 6.35.